The van der Waals surface area contributed by atoms with E-state index in [1.165, 1.54) is 38.6 Å². The van der Waals surface area contributed by atoms with Gasteiger partial charge in [-0.05, 0) is 85.1 Å². The second-order valence-corrected chi connectivity index (χ2v) is 8.81. The van der Waals surface area contributed by atoms with E-state index in [0.717, 1.165) is 39.9 Å². The van der Waals surface area contributed by atoms with Gasteiger partial charge in [-0.3, -0.25) is 9.88 Å². The first-order valence-corrected chi connectivity index (χ1v) is 11.5. The number of halogens is 1. The van der Waals surface area contributed by atoms with E-state index < -0.39 is 0 Å². The van der Waals surface area contributed by atoms with Crippen LogP contribution in [0.25, 0.3) is 22.0 Å². The zero-order chi connectivity index (χ0) is 22.8. The number of nitrogens with zero attached hydrogens (tertiary/aromatic N) is 2. The molecule has 0 bridgehead atoms. The Kier molecular flexibility index (Phi) is 6.07. The fourth-order valence-corrected chi connectivity index (χ4v) is 4.59. The quantitative estimate of drug-likeness (QED) is 0.340. The molecule has 0 spiro atoms. The van der Waals surface area contributed by atoms with Crippen LogP contribution in [0.5, 0.6) is 11.5 Å². The van der Waals surface area contributed by atoms with Crippen molar-refractivity contribution in [3.8, 4) is 22.6 Å². The third kappa shape index (κ3) is 4.61. The zero-order valence-corrected chi connectivity index (χ0v) is 19.3. The number of fused-ring (bicyclic) bond motifs is 1. The number of ether oxygens (including phenoxy) is 1. The molecule has 0 aliphatic carbocycles. The van der Waals surface area contributed by atoms with E-state index in [1.807, 2.05) is 24.4 Å². The number of nitrogens with one attached hydrogen (secondary N) is 1. The minimum Gasteiger partial charge on any atom is -0.503 e. The van der Waals surface area contributed by atoms with Crippen LogP contribution in [-0.2, 0) is 6.54 Å². The Morgan fingerprint density at radius 3 is 2.55 bits per heavy atom. The summed E-state index contributed by atoms with van der Waals surface area (Å²) in [6.07, 6.45) is 4.42. The maximum Gasteiger partial charge on any atom is 0.176 e. The Morgan fingerprint density at radius 2 is 1.79 bits per heavy atom. The lowest BCUT2D eigenvalue weighted by molar-refractivity contribution is 0.331. The summed E-state index contributed by atoms with van der Waals surface area (Å²) < 4.78 is 5.27. The predicted octanol–water partition coefficient (Wildman–Crippen LogP) is 6.61. The first kappa shape index (κ1) is 21.6. The molecule has 0 saturated carbocycles. The Morgan fingerprint density at radius 1 is 1.00 bits per heavy atom. The van der Waals surface area contributed by atoms with E-state index in [-0.39, 0.29) is 10.8 Å². The van der Waals surface area contributed by atoms with Gasteiger partial charge in [0.25, 0.3) is 0 Å². The maximum absolute atomic E-state index is 10.1. The molecule has 2 N–H and O–H groups in total. The number of pyridine rings is 1. The number of anilines is 2. The summed E-state index contributed by atoms with van der Waals surface area (Å²) in [6.45, 7) is 3.41. The van der Waals surface area contributed by atoms with Gasteiger partial charge in [0.05, 0.1) is 17.6 Å². The van der Waals surface area contributed by atoms with Crippen LogP contribution in [0.2, 0.25) is 5.02 Å². The molecule has 5 nitrogen and oxygen atoms in total. The monoisotopic (exact) mass is 459 g/mol. The molecule has 0 unspecified atom stereocenters. The van der Waals surface area contributed by atoms with E-state index in [1.54, 1.807) is 12.1 Å². The summed E-state index contributed by atoms with van der Waals surface area (Å²) in [4.78, 5) is 7.02. The summed E-state index contributed by atoms with van der Waals surface area (Å²) in [6, 6.07) is 20.2. The molecule has 1 fully saturated rings. The molecule has 1 aliphatic heterocycles. The highest BCUT2D eigenvalue weighted by molar-refractivity contribution is 6.32. The number of methoxy groups -OCH3 is 1. The molecule has 0 atom stereocenters. The second kappa shape index (κ2) is 9.30. The third-order valence-electron chi connectivity index (χ3n) is 6.16. The molecule has 0 radical (unpaired) electrons. The molecule has 3 aromatic carbocycles. The third-order valence-corrected chi connectivity index (χ3v) is 6.45. The average Bonchev–Trinajstić information content (AvgIpc) is 3.35. The molecule has 2 heterocycles. The minimum atomic E-state index is -0.0547. The molecule has 0 amide bonds. The van der Waals surface area contributed by atoms with Crippen molar-refractivity contribution in [2.45, 2.75) is 19.4 Å². The standard InChI is InChI=1S/C27H26ClN3O2/c1-33-26-16-20(15-23(28)27(26)32)19-6-9-24-22(14-19)25(10-11-29-24)30-21-7-4-18(5-8-21)17-31-12-2-3-13-31/h4-11,14-16,32H,2-3,12-13,17H2,1H3,(H,29,30). The van der Waals surface area contributed by atoms with Gasteiger partial charge in [-0.25, -0.2) is 0 Å². The molecule has 1 aliphatic rings. The smallest absolute Gasteiger partial charge is 0.176 e. The van der Waals surface area contributed by atoms with Crippen LogP contribution in [0, 0.1) is 0 Å². The second-order valence-electron chi connectivity index (χ2n) is 8.40. The molecular formula is C27H26ClN3O2. The lowest BCUT2D eigenvalue weighted by Gasteiger charge is -2.15. The van der Waals surface area contributed by atoms with Crippen molar-refractivity contribution in [1.82, 2.24) is 9.88 Å². The van der Waals surface area contributed by atoms with Gasteiger partial charge in [-0.2, -0.15) is 0 Å². The first-order valence-electron chi connectivity index (χ1n) is 11.1. The van der Waals surface area contributed by atoms with Crippen molar-refractivity contribution in [1.29, 1.82) is 0 Å². The largest absolute Gasteiger partial charge is 0.503 e. The van der Waals surface area contributed by atoms with Crippen LogP contribution in [0.1, 0.15) is 18.4 Å². The number of aromatic nitrogens is 1. The molecule has 33 heavy (non-hydrogen) atoms. The van der Waals surface area contributed by atoms with Gasteiger partial charge in [0.15, 0.2) is 11.5 Å². The number of rotatable bonds is 6. The van der Waals surface area contributed by atoms with Gasteiger partial charge in [0.1, 0.15) is 0 Å². The Hall–Kier alpha value is -3.28. The molecule has 168 valence electrons. The summed E-state index contributed by atoms with van der Waals surface area (Å²) >= 11 is 6.21. The maximum atomic E-state index is 10.1. The van der Waals surface area contributed by atoms with Gasteiger partial charge in [-0.1, -0.05) is 29.8 Å². The van der Waals surface area contributed by atoms with E-state index >= 15 is 0 Å². The number of phenols is 1. The van der Waals surface area contributed by atoms with Crippen molar-refractivity contribution < 1.29 is 9.84 Å². The zero-order valence-electron chi connectivity index (χ0n) is 18.5. The van der Waals surface area contributed by atoms with E-state index in [2.05, 4.69) is 45.5 Å². The molecule has 1 aromatic heterocycles. The normalized spacial score (nSPS) is 14.0. The highest BCUT2D eigenvalue weighted by Crippen LogP contribution is 2.39. The topological polar surface area (TPSA) is 57.6 Å². The van der Waals surface area contributed by atoms with E-state index in [4.69, 9.17) is 16.3 Å². The Labute approximate surface area is 198 Å². The Balaban J connectivity index is 1.44. The van der Waals surface area contributed by atoms with Crippen LogP contribution in [0.15, 0.2) is 66.9 Å². The summed E-state index contributed by atoms with van der Waals surface area (Å²) in [7, 11) is 1.51. The van der Waals surface area contributed by atoms with Crippen LogP contribution in [-0.4, -0.2) is 35.2 Å². The van der Waals surface area contributed by atoms with Crippen LogP contribution >= 0.6 is 11.6 Å². The number of hydrogen-bond acceptors (Lipinski definition) is 5. The van der Waals surface area contributed by atoms with Crippen molar-refractivity contribution >= 4 is 33.9 Å². The van der Waals surface area contributed by atoms with Crippen LogP contribution in [0.4, 0.5) is 11.4 Å². The highest BCUT2D eigenvalue weighted by Gasteiger charge is 2.13. The predicted molar refractivity (Wildman–Crippen MR) is 135 cm³/mol. The van der Waals surface area contributed by atoms with Gasteiger partial charge in [0.2, 0.25) is 0 Å². The summed E-state index contributed by atoms with van der Waals surface area (Å²) in [5.74, 6) is 0.289. The SMILES string of the molecule is COc1cc(-c2ccc3nccc(Nc4ccc(CN5CCCC5)cc4)c3c2)cc(Cl)c1O. The van der Waals surface area contributed by atoms with Gasteiger partial charge < -0.3 is 15.2 Å². The molecular weight excluding hydrogens is 434 g/mol. The van der Waals surface area contributed by atoms with E-state index in [9.17, 15) is 5.11 Å². The average molecular weight is 460 g/mol. The number of aromatic hydroxyl groups is 1. The number of likely N-dealkylation sites (tertiary alicyclic amines) is 1. The Bertz CT molecular complexity index is 1280. The molecule has 4 aromatic rings. The van der Waals surface area contributed by atoms with Crippen molar-refractivity contribution in [2.24, 2.45) is 0 Å². The first-order chi connectivity index (χ1) is 16.1. The van der Waals surface area contributed by atoms with Gasteiger partial charge in [-0.15, -0.1) is 0 Å². The molecule has 1 saturated heterocycles. The van der Waals surface area contributed by atoms with Gasteiger partial charge >= 0.3 is 0 Å². The number of phenolic OH excluding ortho intramolecular Hbond substituents is 1. The summed E-state index contributed by atoms with van der Waals surface area (Å²) in [5, 5.41) is 14.9. The van der Waals surface area contributed by atoms with Crippen molar-refractivity contribution in [2.75, 3.05) is 25.5 Å². The molecule has 5 rings (SSSR count). The number of hydrogen-bond donors (Lipinski definition) is 2. The highest BCUT2D eigenvalue weighted by atomic mass is 35.5. The summed E-state index contributed by atoms with van der Waals surface area (Å²) in [5.41, 5.74) is 6.06. The fourth-order valence-electron chi connectivity index (χ4n) is 4.38. The fraction of sp³-hybridized carbons (Fsp3) is 0.222. The van der Waals surface area contributed by atoms with Gasteiger partial charge in [0, 0.05) is 29.5 Å². The molecule has 6 heteroatoms. The van der Waals surface area contributed by atoms with Crippen molar-refractivity contribution in [3.05, 3.63) is 77.4 Å². The van der Waals surface area contributed by atoms with Crippen LogP contribution in [0.3, 0.4) is 0 Å². The lowest BCUT2D eigenvalue weighted by atomic mass is 10.0. The number of benzene rings is 3. The van der Waals surface area contributed by atoms with E-state index in [0.29, 0.717) is 5.75 Å². The lowest BCUT2D eigenvalue weighted by Crippen LogP contribution is -2.18. The van der Waals surface area contributed by atoms with Crippen molar-refractivity contribution in [3.63, 3.8) is 0 Å². The van der Waals surface area contributed by atoms with Crippen LogP contribution < -0.4 is 10.1 Å². The minimum absolute atomic E-state index is 0.0547.